The molecule has 0 atom stereocenters. The van der Waals surface area contributed by atoms with E-state index in [0.29, 0.717) is 0 Å². The number of hydrogen-bond donors (Lipinski definition) is 2. The van der Waals surface area contributed by atoms with Crippen LogP contribution in [0.1, 0.15) is 32.6 Å². The van der Waals surface area contributed by atoms with Crippen LogP contribution < -0.4 is 11.1 Å². The smallest absolute Gasteiger partial charge is 0.0166 e. The second-order valence-electron chi connectivity index (χ2n) is 3.32. The fraction of sp³-hybridized carbons (Fsp3) is 1.00. The lowest BCUT2D eigenvalue weighted by atomic mass is 9.75. The van der Waals surface area contributed by atoms with Crippen LogP contribution in [-0.4, -0.2) is 18.6 Å². The van der Waals surface area contributed by atoms with E-state index < -0.39 is 0 Å². The van der Waals surface area contributed by atoms with Gasteiger partial charge in [0.2, 0.25) is 0 Å². The van der Waals surface area contributed by atoms with Crippen LogP contribution in [0.25, 0.3) is 0 Å². The Kier molecular flexibility index (Phi) is 2.69. The summed E-state index contributed by atoms with van der Waals surface area (Å²) >= 11 is 0. The van der Waals surface area contributed by atoms with Crippen molar-refractivity contribution in [1.82, 2.24) is 5.32 Å². The molecule has 0 aromatic rings. The maximum atomic E-state index is 6.00. The SMILES string of the molecule is CCNCCC1(N)CCC1. The third-order valence-electron chi connectivity index (χ3n) is 2.40. The van der Waals surface area contributed by atoms with Gasteiger partial charge in [0.25, 0.3) is 0 Å². The molecule has 1 fully saturated rings. The van der Waals surface area contributed by atoms with E-state index in [2.05, 4.69) is 12.2 Å². The van der Waals surface area contributed by atoms with E-state index in [1.54, 1.807) is 0 Å². The third kappa shape index (κ3) is 1.96. The van der Waals surface area contributed by atoms with Crippen molar-refractivity contribution in [2.45, 2.75) is 38.1 Å². The zero-order valence-electron chi connectivity index (χ0n) is 6.82. The first-order valence-corrected chi connectivity index (χ1v) is 4.26. The van der Waals surface area contributed by atoms with Gasteiger partial charge in [-0.05, 0) is 38.8 Å². The fourth-order valence-electron chi connectivity index (χ4n) is 1.40. The second kappa shape index (κ2) is 3.35. The predicted octanol–water partition coefficient (Wildman–Crippen LogP) is 0.867. The molecule has 3 N–H and O–H groups in total. The molecular weight excluding hydrogens is 124 g/mol. The van der Waals surface area contributed by atoms with Crippen molar-refractivity contribution in [3.8, 4) is 0 Å². The molecule has 2 nitrogen and oxygen atoms in total. The van der Waals surface area contributed by atoms with Crippen molar-refractivity contribution in [3.63, 3.8) is 0 Å². The Morgan fingerprint density at radius 3 is 2.60 bits per heavy atom. The minimum Gasteiger partial charge on any atom is -0.325 e. The molecule has 10 heavy (non-hydrogen) atoms. The first kappa shape index (κ1) is 8.02. The molecule has 0 spiro atoms. The van der Waals surface area contributed by atoms with Gasteiger partial charge in [-0.2, -0.15) is 0 Å². The monoisotopic (exact) mass is 142 g/mol. The van der Waals surface area contributed by atoms with Crippen LogP contribution in [0, 0.1) is 0 Å². The molecule has 0 amide bonds. The average Bonchev–Trinajstić information content (AvgIpc) is 1.85. The van der Waals surface area contributed by atoms with E-state index in [1.165, 1.54) is 19.3 Å². The summed E-state index contributed by atoms with van der Waals surface area (Å²) in [5, 5.41) is 3.29. The van der Waals surface area contributed by atoms with E-state index in [4.69, 9.17) is 5.73 Å². The quantitative estimate of drug-likeness (QED) is 0.571. The van der Waals surface area contributed by atoms with Crippen LogP contribution in [-0.2, 0) is 0 Å². The summed E-state index contributed by atoms with van der Waals surface area (Å²) in [7, 11) is 0. The summed E-state index contributed by atoms with van der Waals surface area (Å²) in [6.07, 6.45) is 4.96. The van der Waals surface area contributed by atoms with Crippen molar-refractivity contribution in [3.05, 3.63) is 0 Å². The summed E-state index contributed by atoms with van der Waals surface area (Å²) in [5.74, 6) is 0. The van der Waals surface area contributed by atoms with Gasteiger partial charge in [-0.3, -0.25) is 0 Å². The Balaban J connectivity index is 2.01. The number of rotatable bonds is 4. The van der Waals surface area contributed by atoms with Gasteiger partial charge in [0.1, 0.15) is 0 Å². The number of nitrogens with two attached hydrogens (primary N) is 1. The van der Waals surface area contributed by atoms with Crippen molar-refractivity contribution in [2.24, 2.45) is 5.73 Å². The van der Waals surface area contributed by atoms with Gasteiger partial charge in [-0.1, -0.05) is 6.92 Å². The Morgan fingerprint density at radius 2 is 2.20 bits per heavy atom. The van der Waals surface area contributed by atoms with Crippen LogP contribution in [0.5, 0.6) is 0 Å². The molecule has 1 saturated carbocycles. The van der Waals surface area contributed by atoms with Crippen LogP contribution >= 0.6 is 0 Å². The second-order valence-corrected chi connectivity index (χ2v) is 3.32. The summed E-state index contributed by atoms with van der Waals surface area (Å²) in [6.45, 7) is 4.28. The number of nitrogens with one attached hydrogen (secondary N) is 1. The van der Waals surface area contributed by atoms with Crippen LogP contribution in [0.4, 0.5) is 0 Å². The molecule has 0 saturated heterocycles. The summed E-state index contributed by atoms with van der Waals surface area (Å²) < 4.78 is 0. The molecule has 2 heteroatoms. The Hall–Kier alpha value is -0.0800. The van der Waals surface area contributed by atoms with Gasteiger partial charge in [-0.25, -0.2) is 0 Å². The molecule has 0 aromatic carbocycles. The lowest BCUT2D eigenvalue weighted by molar-refractivity contribution is 0.230. The van der Waals surface area contributed by atoms with Crippen LogP contribution in [0.3, 0.4) is 0 Å². The first-order valence-electron chi connectivity index (χ1n) is 4.26. The van der Waals surface area contributed by atoms with E-state index in [0.717, 1.165) is 19.5 Å². The van der Waals surface area contributed by atoms with E-state index in [-0.39, 0.29) is 5.54 Å². The highest BCUT2D eigenvalue weighted by atomic mass is 14.9. The highest BCUT2D eigenvalue weighted by molar-refractivity contribution is 4.92. The minimum absolute atomic E-state index is 0.210. The maximum Gasteiger partial charge on any atom is 0.0166 e. The molecule has 1 aliphatic rings. The topological polar surface area (TPSA) is 38.0 Å². The lowest BCUT2D eigenvalue weighted by Crippen LogP contribution is -2.48. The maximum absolute atomic E-state index is 6.00. The van der Waals surface area contributed by atoms with Gasteiger partial charge < -0.3 is 11.1 Å². The van der Waals surface area contributed by atoms with Gasteiger partial charge in [-0.15, -0.1) is 0 Å². The summed E-state index contributed by atoms with van der Waals surface area (Å²) in [6, 6.07) is 0. The fourth-order valence-corrected chi connectivity index (χ4v) is 1.40. The third-order valence-corrected chi connectivity index (χ3v) is 2.40. The van der Waals surface area contributed by atoms with Gasteiger partial charge in [0, 0.05) is 5.54 Å². The first-order chi connectivity index (χ1) is 4.77. The van der Waals surface area contributed by atoms with Crippen molar-refractivity contribution in [2.75, 3.05) is 13.1 Å². The highest BCUT2D eigenvalue weighted by Crippen LogP contribution is 2.31. The van der Waals surface area contributed by atoms with E-state index in [9.17, 15) is 0 Å². The predicted molar refractivity (Wildman–Crippen MR) is 43.9 cm³/mol. The zero-order chi connectivity index (χ0) is 7.45. The Bertz CT molecular complexity index is 97.4. The standard InChI is InChI=1S/C8H18N2/c1-2-10-7-6-8(9)4-3-5-8/h10H,2-7,9H2,1H3. The molecule has 60 valence electrons. The molecular formula is C8H18N2. The largest absolute Gasteiger partial charge is 0.325 e. The summed E-state index contributed by atoms with van der Waals surface area (Å²) in [4.78, 5) is 0. The van der Waals surface area contributed by atoms with Crippen LogP contribution in [0.2, 0.25) is 0 Å². The number of hydrogen-bond acceptors (Lipinski definition) is 2. The molecule has 0 unspecified atom stereocenters. The van der Waals surface area contributed by atoms with Gasteiger partial charge in [0.15, 0.2) is 0 Å². The Morgan fingerprint density at radius 1 is 1.50 bits per heavy atom. The molecule has 0 aromatic heterocycles. The molecule has 1 rings (SSSR count). The molecule has 0 aliphatic heterocycles. The normalized spacial score (nSPS) is 22.2. The molecule has 0 bridgehead atoms. The minimum atomic E-state index is 0.210. The summed E-state index contributed by atoms with van der Waals surface area (Å²) in [5.41, 5.74) is 6.21. The van der Waals surface area contributed by atoms with Gasteiger partial charge >= 0.3 is 0 Å². The van der Waals surface area contributed by atoms with Crippen molar-refractivity contribution >= 4 is 0 Å². The van der Waals surface area contributed by atoms with Crippen molar-refractivity contribution in [1.29, 1.82) is 0 Å². The molecule has 0 heterocycles. The van der Waals surface area contributed by atoms with E-state index in [1.807, 2.05) is 0 Å². The van der Waals surface area contributed by atoms with Gasteiger partial charge in [0.05, 0.1) is 0 Å². The van der Waals surface area contributed by atoms with Crippen molar-refractivity contribution < 1.29 is 0 Å². The molecule has 0 radical (unpaired) electrons. The Labute approximate surface area is 63.2 Å². The zero-order valence-corrected chi connectivity index (χ0v) is 6.82. The molecule has 1 aliphatic carbocycles. The average molecular weight is 142 g/mol. The van der Waals surface area contributed by atoms with Crippen LogP contribution in [0.15, 0.2) is 0 Å². The highest BCUT2D eigenvalue weighted by Gasteiger charge is 2.31. The van der Waals surface area contributed by atoms with E-state index >= 15 is 0 Å². The lowest BCUT2D eigenvalue weighted by Gasteiger charge is -2.38.